The summed E-state index contributed by atoms with van der Waals surface area (Å²) in [6.07, 6.45) is 9.24. The van der Waals surface area contributed by atoms with E-state index < -0.39 is 5.97 Å². The standard InChI is InChI=1S/C19H22ClNO3/c1-2-3-4-5-6-14-9-10-21-12-17(14)16-11-15(20)7-8-18(16)24-13-19(22)23/h7-12H,2-6,13H2,1H3,(H,22,23). The Morgan fingerprint density at radius 3 is 2.79 bits per heavy atom. The van der Waals surface area contributed by atoms with Crippen molar-refractivity contribution in [2.24, 2.45) is 0 Å². The van der Waals surface area contributed by atoms with Crippen molar-refractivity contribution in [1.82, 2.24) is 4.98 Å². The largest absolute Gasteiger partial charge is 0.481 e. The number of rotatable bonds is 9. The third-order valence-electron chi connectivity index (χ3n) is 3.79. The summed E-state index contributed by atoms with van der Waals surface area (Å²) in [6, 6.07) is 7.20. The Kier molecular flexibility index (Phi) is 7.07. The second kappa shape index (κ2) is 9.28. The van der Waals surface area contributed by atoms with Crippen LogP contribution in [0.3, 0.4) is 0 Å². The molecule has 0 unspecified atom stereocenters. The van der Waals surface area contributed by atoms with Gasteiger partial charge in [-0.15, -0.1) is 0 Å². The first-order chi connectivity index (χ1) is 11.6. The predicted octanol–water partition coefficient (Wildman–Crippen LogP) is 4.99. The number of halogens is 1. The molecule has 0 radical (unpaired) electrons. The molecule has 1 aromatic heterocycles. The summed E-state index contributed by atoms with van der Waals surface area (Å²) in [6.45, 7) is 1.80. The highest BCUT2D eigenvalue weighted by Crippen LogP contribution is 2.35. The van der Waals surface area contributed by atoms with E-state index in [1.54, 1.807) is 30.6 Å². The van der Waals surface area contributed by atoms with Crippen molar-refractivity contribution < 1.29 is 14.6 Å². The van der Waals surface area contributed by atoms with E-state index >= 15 is 0 Å². The van der Waals surface area contributed by atoms with Crippen LogP contribution in [0.5, 0.6) is 5.75 Å². The fourth-order valence-electron chi connectivity index (χ4n) is 2.60. The highest BCUT2D eigenvalue weighted by Gasteiger charge is 2.13. The quantitative estimate of drug-likeness (QED) is 0.649. The van der Waals surface area contributed by atoms with Crippen LogP contribution in [-0.2, 0) is 11.2 Å². The van der Waals surface area contributed by atoms with Crippen molar-refractivity contribution in [3.63, 3.8) is 0 Å². The Morgan fingerprint density at radius 1 is 1.21 bits per heavy atom. The molecule has 0 aliphatic heterocycles. The lowest BCUT2D eigenvalue weighted by Crippen LogP contribution is -2.10. The normalized spacial score (nSPS) is 10.6. The maximum absolute atomic E-state index is 10.8. The van der Waals surface area contributed by atoms with Crippen molar-refractivity contribution >= 4 is 17.6 Å². The van der Waals surface area contributed by atoms with Gasteiger partial charge < -0.3 is 9.84 Å². The average molecular weight is 348 g/mol. The monoisotopic (exact) mass is 347 g/mol. The Hall–Kier alpha value is -2.07. The number of aromatic nitrogens is 1. The van der Waals surface area contributed by atoms with Gasteiger partial charge in [-0.1, -0.05) is 37.8 Å². The minimum absolute atomic E-state index is 0.388. The van der Waals surface area contributed by atoms with E-state index in [9.17, 15) is 4.79 Å². The molecular formula is C19H22ClNO3. The molecule has 4 nitrogen and oxygen atoms in total. The number of hydrogen-bond acceptors (Lipinski definition) is 3. The van der Waals surface area contributed by atoms with E-state index in [0.717, 1.165) is 24.0 Å². The van der Waals surface area contributed by atoms with Crippen molar-refractivity contribution in [3.05, 3.63) is 47.2 Å². The zero-order valence-electron chi connectivity index (χ0n) is 13.8. The number of carbonyl (C=O) groups is 1. The van der Waals surface area contributed by atoms with Gasteiger partial charge in [0.2, 0.25) is 0 Å². The van der Waals surface area contributed by atoms with E-state index in [1.807, 2.05) is 6.07 Å². The van der Waals surface area contributed by atoms with E-state index in [4.69, 9.17) is 21.4 Å². The summed E-state index contributed by atoms with van der Waals surface area (Å²) in [5.74, 6) is -0.508. The van der Waals surface area contributed by atoms with E-state index in [-0.39, 0.29) is 6.61 Å². The molecule has 24 heavy (non-hydrogen) atoms. The lowest BCUT2D eigenvalue weighted by atomic mass is 9.97. The second-order valence-corrected chi connectivity index (χ2v) is 6.10. The molecule has 0 spiro atoms. The molecule has 1 heterocycles. The number of benzene rings is 1. The Balaban J connectivity index is 2.29. The van der Waals surface area contributed by atoms with Crippen LogP contribution >= 0.6 is 11.6 Å². The Morgan fingerprint density at radius 2 is 2.04 bits per heavy atom. The molecule has 0 saturated heterocycles. The number of nitrogens with zero attached hydrogens (tertiary/aromatic N) is 1. The molecule has 0 amide bonds. The number of carboxylic acid groups (broad SMARTS) is 1. The zero-order valence-corrected chi connectivity index (χ0v) is 14.6. The van der Waals surface area contributed by atoms with Crippen molar-refractivity contribution in [1.29, 1.82) is 0 Å². The van der Waals surface area contributed by atoms with E-state index in [2.05, 4.69) is 11.9 Å². The van der Waals surface area contributed by atoms with Crippen LogP contribution in [0.1, 0.15) is 38.2 Å². The number of unbranched alkanes of at least 4 members (excludes halogenated alkanes) is 3. The maximum atomic E-state index is 10.8. The summed E-state index contributed by atoms with van der Waals surface area (Å²) < 4.78 is 5.42. The third-order valence-corrected chi connectivity index (χ3v) is 4.03. The number of carboxylic acids is 1. The Labute approximate surface area is 147 Å². The van der Waals surface area contributed by atoms with Crippen LogP contribution in [0.25, 0.3) is 11.1 Å². The fourth-order valence-corrected chi connectivity index (χ4v) is 2.78. The topological polar surface area (TPSA) is 59.4 Å². The minimum atomic E-state index is -1.01. The van der Waals surface area contributed by atoms with Gasteiger partial charge in [0.1, 0.15) is 5.75 Å². The lowest BCUT2D eigenvalue weighted by Gasteiger charge is -2.14. The number of pyridine rings is 1. The van der Waals surface area contributed by atoms with Crippen molar-refractivity contribution in [3.8, 4) is 16.9 Å². The van der Waals surface area contributed by atoms with Crippen molar-refractivity contribution in [2.45, 2.75) is 39.0 Å². The molecule has 0 bridgehead atoms. The van der Waals surface area contributed by atoms with Gasteiger partial charge in [0.15, 0.2) is 6.61 Å². The molecule has 0 fully saturated rings. The molecule has 0 aliphatic carbocycles. The molecule has 5 heteroatoms. The average Bonchev–Trinajstić information content (AvgIpc) is 2.58. The molecule has 0 saturated carbocycles. The van der Waals surface area contributed by atoms with E-state index in [1.165, 1.54) is 24.8 Å². The molecule has 2 rings (SSSR count). The predicted molar refractivity (Wildman–Crippen MR) is 95.7 cm³/mol. The fraction of sp³-hybridized carbons (Fsp3) is 0.368. The van der Waals surface area contributed by atoms with Gasteiger partial charge in [0, 0.05) is 28.5 Å². The number of aliphatic carboxylic acids is 1. The smallest absolute Gasteiger partial charge is 0.341 e. The molecule has 128 valence electrons. The maximum Gasteiger partial charge on any atom is 0.341 e. The first kappa shape index (κ1) is 18.3. The summed E-state index contributed by atoms with van der Waals surface area (Å²) >= 11 is 6.14. The molecule has 2 aromatic rings. The summed E-state index contributed by atoms with van der Waals surface area (Å²) in [5, 5.41) is 9.43. The lowest BCUT2D eigenvalue weighted by molar-refractivity contribution is -0.139. The van der Waals surface area contributed by atoms with Crippen molar-refractivity contribution in [2.75, 3.05) is 6.61 Å². The van der Waals surface area contributed by atoms with Gasteiger partial charge in [-0.05, 0) is 42.7 Å². The van der Waals surface area contributed by atoms with Gasteiger partial charge in [0.25, 0.3) is 0 Å². The van der Waals surface area contributed by atoms with Gasteiger partial charge in [-0.2, -0.15) is 0 Å². The first-order valence-corrected chi connectivity index (χ1v) is 8.57. The molecule has 1 N–H and O–H groups in total. The molecule has 1 aromatic carbocycles. The SMILES string of the molecule is CCCCCCc1ccncc1-c1cc(Cl)ccc1OCC(=O)O. The highest BCUT2D eigenvalue weighted by atomic mass is 35.5. The Bertz CT molecular complexity index is 688. The molecule has 0 atom stereocenters. The third kappa shape index (κ3) is 5.24. The first-order valence-electron chi connectivity index (χ1n) is 8.19. The summed E-state index contributed by atoms with van der Waals surface area (Å²) in [4.78, 5) is 15.0. The number of aryl methyl sites for hydroxylation is 1. The minimum Gasteiger partial charge on any atom is -0.481 e. The van der Waals surface area contributed by atoms with Gasteiger partial charge in [-0.3, -0.25) is 4.98 Å². The van der Waals surface area contributed by atoms with Crippen LogP contribution in [0, 0.1) is 0 Å². The van der Waals surface area contributed by atoms with Crippen LogP contribution in [0.2, 0.25) is 5.02 Å². The summed E-state index contributed by atoms with van der Waals surface area (Å²) in [5.41, 5.74) is 2.89. The zero-order chi connectivity index (χ0) is 17.4. The number of ether oxygens (including phenoxy) is 1. The highest BCUT2D eigenvalue weighted by molar-refractivity contribution is 6.31. The van der Waals surface area contributed by atoms with Gasteiger partial charge in [-0.25, -0.2) is 4.79 Å². The van der Waals surface area contributed by atoms with Gasteiger partial charge >= 0.3 is 5.97 Å². The van der Waals surface area contributed by atoms with Crippen LogP contribution < -0.4 is 4.74 Å². The van der Waals surface area contributed by atoms with E-state index in [0.29, 0.717) is 10.8 Å². The summed E-state index contributed by atoms with van der Waals surface area (Å²) in [7, 11) is 0. The van der Waals surface area contributed by atoms with Crippen LogP contribution in [0.4, 0.5) is 0 Å². The second-order valence-electron chi connectivity index (χ2n) is 5.67. The molecule has 0 aliphatic rings. The molecular weight excluding hydrogens is 326 g/mol. The van der Waals surface area contributed by atoms with Gasteiger partial charge in [0.05, 0.1) is 0 Å². The van der Waals surface area contributed by atoms with Crippen LogP contribution in [-0.4, -0.2) is 22.7 Å². The number of hydrogen-bond donors (Lipinski definition) is 1. The van der Waals surface area contributed by atoms with Crippen LogP contribution in [0.15, 0.2) is 36.7 Å².